The van der Waals surface area contributed by atoms with Crippen molar-refractivity contribution < 1.29 is 9.59 Å². The highest BCUT2D eigenvalue weighted by Gasteiger charge is 2.21. The van der Waals surface area contributed by atoms with E-state index in [0.29, 0.717) is 11.6 Å². The average Bonchev–Trinajstić information content (AvgIpc) is 2.44. The zero-order chi connectivity index (χ0) is 13.5. The van der Waals surface area contributed by atoms with Gasteiger partial charge in [-0.05, 0) is 49.7 Å². The highest BCUT2D eigenvalue weighted by atomic mass is 16.1. The Morgan fingerprint density at radius 3 is 2.47 bits per heavy atom. The monoisotopic (exact) mass is 256 g/mol. The number of nitrogens with zero attached hydrogens (tertiary/aromatic N) is 2. The molecule has 0 saturated heterocycles. The Morgan fingerprint density at radius 2 is 1.79 bits per heavy atom. The van der Waals surface area contributed by atoms with Gasteiger partial charge in [0.1, 0.15) is 0 Å². The average molecular weight is 256 g/mol. The molecule has 2 rings (SSSR count). The molecule has 4 heteroatoms. The van der Waals surface area contributed by atoms with Crippen LogP contribution < -0.4 is 0 Å². The van der Waals surface area contributed by atoms with Crippen LogP contribution in [-0.4, -0.2) is 18.2 Å². The lowest BCUT2D eigenvalue weighted by Crippen LogP contribution is -2.18. The molecule has 0 bridgehead atoms. The summed E-state index contributed by atoms with van der Waals surface area (Å²) in [7, 11) is 0. The molecule has 1 aliphatic rings. The molecule has 0 heterocycles. The SMILES string of the molecule is O=C=Nc1ccccc1CC1CCC(N=C=O)CC1. The summed E-state index contributed by atoms with van der Waals surface area (Å²) in [5.41, 5.74) is 1.80. The second kappa shape index (κ2) is 6.79. The predicted octanol–water partition coefficient (Wildman–Crippen LogP) is 3.09. The summed E-state index contributed by atoms with van der Waals surface area (Å²) in [5, 5.41) is 0. The zero-order valence-corrected chi connectivity index (χ0v) is 10.7. The molecule has 0 atom stereocenters. The lowest BCUT2D eigenvalue weighted by atomic mass is 9.82. The van der Waals surface area contributed by atoms with E-state index >= 15 is 0 Å². The number of aliphatic imine (C=N–C) groups is 2. The van der Waals surface area contributed by atoms with Gasteiger partial charge in [0, 0.05) is 0 Å². The second-order valence-corrected chi connectivity index (χ2v) is 4.93. The van der Waals surface area contributed by atoms with Crippen molar-refractivity contribution >= 4 is 17.8 Å². The molecule has 0 unspecified atom stereocenters. The molecule has 1 aromatic carbocycles. The molecular weight excluding hydrogens is 240 g/mol. The fraction of sp³-hybridized carbons (Fsp3) is 0.467. The van der Waals surface area contributed by atoms with Crippen molar-refractivity contribution in [3.05, 3.63) is 29.8 Å². The molecule has 1 aromatic rings. The third-order valence-corrected chi connectivity index (χ3v) is 3.72. The number of isocyanates is 2. The number of carbonyl (C=O) groups excluding carboxylic acids is 2. The Balaban J connectivity index is 1.99. The Morgan fingerprint density at radius 1 is 1.05 bits per heavy atom. The van der Waals surface area contributed by atoms with Crippen molar-refractivity contribution in [1.29, 1.82) is 0 Å². The minimum Gasteiger partial charge on any atom is -0.211 e. The Labute approximate surface area is 112 Å². The van der Waals surface area contributed by atoms with Crippen molar-refractivity contribution in [1.82, 2.24) is 0 Å². The molecule has 0 aromatic heterocycles. The van der Waals surface area contributed by atoms with E-state index in [4.69, 9.17) is 0 Å². The maximum absolute atomic E-state index is 10.4. The van der Waals surface area contributed by atoms with Gasteiger partial charge in [0.05, 0.1) is 11.7 Å². The van der Waals surface area contributed by atoms with Gasteiger partial charge in [-0.3, -0.25) is 0 Å². The highest BCUT2D eigenvalue weighted by Crippen LogP contribution is 2.31. The minimum atomic E-state index is 0.150. The minimum absolute atomic E-state index is 0.150. The first-order valence-electron chi connectivity index (χ1n) is 6.56. The van der Waals surface area contributed by atoms with Crippen LogP contribution in [0, 0.1) is 5.92 Å². The summed E-state index contributed by atoms with van der Waals surface area (Å²) in [5.74, 6) is 0.570. The van der Waals surface area contributed by atoms with Crippen molar-refractivity contribution in [3.63, 3.8) is 0 Å². The standard InChI is InChI=1S/C15H16N2O2/c18-10-16-14-7-5-12(6-8-14)9-13-3-1-2-4-15(13)17-11-19/h1-4,12,14H,5-9H2. The Bertz CT molecular complexity index is 521. The van der Waals surface area contributed by atoms with Crippen molar-refractivity contribution in [2.45, 2.75) is 38.1 Å². The van der Waals surface area contributed by atoms with Gasteiger partial charge in [-0.25, -0.2) is 14.6 Å². The third-order valence-electron chi connectivity index (χ3n) is 3.72. The van der Waals surface area contributed by atoms with Crippen molar-refractivity contribution in [2.75, 3.05) is 0 Å². The first-order chi connectivity index (χ1) is 9.33. The molecule has 0 spiro atoms. The predicted molar refractivity (Wildman–Crippen MR) is 71.8 cm³/mol. The lowest BCUT2D eigenvalue weighted by Gasteiger charge is -2.25. The van der Waals surface area contributed by atoms with Crippen LogP contribution in [0.5, 0.6) is 0 Å². The molecule has 1 saturated carbocycles. The van der Waals surface area contributed by atoms with Crippen LogP contribution in [-0.2, 0) is 16.0 Å². The summed E-state index contributed by atoms with van der Waals surface area (Å²) in [6.07, 6.45) is 8.15. The van der Waals surface area contributed by atoms with Crippen LogP contribution in [0.4, 0.5) is 5.69 Å². The first-order valence-corrected chi connectivity index (χ1v) is 6.56. The quantitative estimate of drug-likeness (QED) is 0.614. The Hall–Kier alpha value is -2.02. The third kappa shape index (κ3) is 3.72. The molecule has 0 amide bonds. The van der Waals surface area contributed by atoms with E-state index in [2.05, 4.69) is 9.98 Å². The highest BCUT2D eigenvalue weighted by molar-refractivity contribution is 5.53. The van der Waals surface area contributed by atoms with E-state index in [1.165, 1.54) is 0 Å². The first kappa shape index (κ1) is 13.4. The summed E-state index contributed by atoms with van der Waals surface area (Å²) in [4.78, 5) is 28.2. The van der Waals surface area contributed by atoms with Gasteiger partial charge in [-0.2, -0.15) is 4.99 Å². The van der Waals surface area contributed by atoms with Gasteiger partial charge in [0.2, 0.25) is 12.2 Å². The van der Waals surface area contributed by atoms with Gasteiger partial charge in [-0.15, -0.1) is 0 Å². The number of benzene rings is 1. The number of rotatable bonds is 4. The molecule has 98 valence electrons. The van der Waals surface area contributed by atoms with E-state index in [9.17, 15) is 9.59 Å². The van der Waals surface area contributed by atoms with Gasteiger partial charge in [-0.1, -0.05) is 18.2 Å². The topological polar surface area (TPSA) is 58.9 Å². The zero-order valence-electron chi connectivity index (χ0n) is 10.7. The van der Waals surface area contributed by atoms with Crippen LogP contribution in [0.2, 0.25) is 0 Å². The largest absolute Gasteiger partial charge is 0.240 e. The van der Waals surface area contributed by atoms with Crippen LogP contribution in [0.1, 0.15) is 31.2 Å². The smallest absolute Gasteiger partial charge is 0.211 e. The van der Waals surface area contributed by atoms with Gasteiger partial charge in [0.25, 0.3) is 0 Å². The lowest BCUT2D eigenvalue weighted by molar-refractivity contribution is 0.325. The van der Waals surface area contributed by atoms with Gasteiger partial charge < -0.3 is 0 Å². The molecule has 1 aliphatic carbocycles. The van der Waals surface area contributed by atoms with Crippen LogP contribution in [0.15, 0.2) is 34.3 Å². The maximum atomic E-state index is 10.4. The maximum Gasteiger partial charge on any atom is 0.240 e. The van der Waals surface area contributed by atoms with Crippen LogP contribution in [0.3, 0.4) is 0 Å². The number of para-hydroxylation sites is 1. The van der Waals surface area contributed by atoms with E-state index in [-0.39, 0.29) is 6.04 Å². The van der Waals surface area contributed by atoms with E-state index in [0.717, 1.165) is 37.7 Å². The number of hydrogen-bond acceptors (Lipinski definition) is 4. The summed E-state index contributed by atoms with van der Waals surface area (Å²) in [6.45, 7) is 0. The summed E-state index contributed by atoms with van der Waals surface area (Å²) < 4.78 is 0. The molecule has 0 aliphatic heterocycles. The van der Waals surface area contributed by atoms with Crippen molar-refractivity contribution in [3.8, 4) is 0 Å². The summed E-state index contributed by atoms with van der Waals surface area (Å²) >= 11 is 0. The molecule has 19 heavy (non-hydrogen) atoms. The van der Waals surface area contributed by atoms with Gasteiger partial charge in [0.15, 0.2) is 0 Å². The normalized spacial score (nSPS) is 22.1. The molecule has 0 N–H and O–H groups in total. The van der Waals surface area contributed by atoms with E-state index < -0.39 is 0 Å². The fourth-order valence-corrected chi connectivity index (χ4v) is 2.71. The van der Waals surface area contributed by atoms with Crippen LogP contribution in [0.25, 0.3) is 0 Å². The molecule has 0 radical (unpaired) electrons. The molecule has 4 nitrogen and oxygen atoms in total. The van der Waals surface area contributed by atoms with Crippen molar-refractivity contribution in [2.24, 2.45) is 15.9 Å². The second-order valence-electron chi connectivity index (χ2n) is 4.93. The van der Waals surface area contributed by atoms with Gasteiger partial charge >= 0.3 is 0 Å². The van der Waals surface area contributed by atoms with E-state index in [1.807, 2.05) is 24.3 Å². The fourth-order valence-electron chi connectivity index (χ4n) is 2.71. The van der Waals surface area contributed by atoms with E-state index in [1.54, 1.807) is 12.2 Å². The molecule has 1 fully saturated rings. The Kier molecular flexibility index (Phi) is 4.79. The summed E-state index contributed by atoms with van der Waals surface area (Å²) in [6, 6.07) is 7.82. The number of hydrogen-bond donors (Lipinski definition) is 0. The van der Waals surface area contributed by atoms with Crippen LogP contribution >= 0.6 is 0 Å². The molecular formula is C15H16N2O2.